The van der Waals surface area contributed by atoms with Crippen molar-refractivity contribution < 1.29 is 19.1 Å². The van der Waals surface area contributed by atoms with Crippen LogP contribution in [0.2, 0.25) is 0 Å². The van der Waals surface area contributed by atoms with Crippen molar-refractivity contribution in [3.8, 4) is 5.75 Å². The predicted octanol–water partition coefficient (Wildman–Crippen LogP) is 3.85. The van der Waals surface area contributed by atoms with Crippen molar-refractivity contribution in [2.24, 2.45) is 5.92 Å². The molecular weight excluding hydrogens is 406 g/mol. The van der Waals surface area contributed by atoms with Gasteiger partial charge in [-0.1, -0.05) is 38.1 Å². The maximum Gasteiger partial charge on any atom is 0.411 e. The maximum atomic E-state index is 13.1. The summed E-state index contributed by atoms with van der Waals surface area (Å²) in [5.41, 5.74) is -0.520. The van der Waals surface area contributed by atoms with E-state index >= 15 is 0 Å². The summed E-state index contributed by atoms with van der Waals surface area (Å²) in [6.45, 7) is 7.74. The summed E-state index contributed by atoms with van der Waals surface area (Å²) in [6.07, 6.45) is 4.35. The van der Waals surface area contributed by atoms with Gasteiger partial charge in [0.2, 0.25) is 5.91 Å². The van der Waals surface area contributed by atoms with Crippen molar-refractivity contribution in [3.63, 3.8) is 0 Å². The second kappa shape index (κ2) is 8.81. The number of piperidine rings is 1. The third-order valence-electron chi connectivity index (χ3n) is 6.86. The lowest BCUT2D eigenvalue weighted by Gasteiger charge is -2.48. The fourth-order valence-electron chi connectivity index (χ4n) is 4.95. The number of ether oxygens (including phenoxy) is 2. The molecule has 1 aromatic heterocycles. The summed E-state index contributed by atoms with van der Waals surface area (Å²) in [5, 5.41) is 0. The molecule has 2 saturated heterocycles. The Morgan fingerprint density at radius 3 is 2.50 bits per heavy atom. The summed E-state index contributed by atoms with van der Waals surface area (Å²) >= 11 is 0. The largest absolute Gasteiger partial charge is 0.492 e. The minimum atomic E-state index is -0.729. The molecule has 2 aliphatic heterocycles. The number of aromatic nitrogens is 1. The number of para-hydroxylation sites is 1. The van der Waals surface area contributed by atoms with Gasteiger partial charge in [0.15, 0.2) is 0 Å². The smallest absolute Gasteiger partial charge is 0.411 e. The Morgan fingerprint density at radius 1 is 1.16 bits per heavy atom. The van der Waals surface area contributed by atoms with Gasteiger partial charge >= 0.3 is 6.09 Å². The first-order valence-electron chi connectivity index (χ1n) is 11.3. The van der Waals surface area contributed by atoms with Gasteiger partial charge in [0.1, 0.15) is 23.5 Å². The molecule has 2 aliphatic rings. The van der Waals surface area contributed by atoms with Crippen molar-refractivity contribution in [3.05, 3.63) is 60.4 Å². The molecule has 0 saturated carbocycles. The quantitative estimate of drug-likeness (QED) is 0.687. The number of carbonyl (C=O) groups excluding carboxylic acids is 2. The summed E-state index contributed by atoms with van der Waals surface area (Å²) in [4.78, 5) is 33.6. The Bertz CT molecular complexity index is 942. The number of amides is 2. The molecule has 2 amide bonds. The molecule has 0 N–H and O–H groups in total. The van der Waals surface area contributed by atoms with E-state index in [9.17, 15) is 9.59 Å². The number of hydrogen-bond donors (Lipinski definition) is 0. The Labute approximate surface area is 189 Å². The molecule has 2 fully saturated rings. The maximum absolute atomic E-state index is 13.1. The van der Waals surface area contributed by atoms with Crippen molar-refractivity contribution in [1.29, 1.82) is 0 Å². The predicted molar refractivity (Wildman–Crippen MR) is 120 cm³/mol. The van der Waals surface area contributed by atoms with Gasteiger partial charge in [0.25, 0.3) is 0 Å². The van der Waals surface area contributed by atoms with Crippen LogP contribution in [-0.4, -0.2) is 58.6 Å². The fourth-order valence-corrected chi connectivity index (χ4v) is 4.95. The zero-order valence-corrected chi connectivity index (χ0v) is 19.0. The Hall–Kier alpha value is -3.09. The summed E-state index contributed by atoms with van der Waals surface area (Å²) in [5.74, 6) is 0.852. The van der Waals surface area contributed by atoms with Crippen molar-refractivity contribution in [1.82, 2.24) is 14.8 Å². The average Bonchev–Trinajstić information content (AvgIpc) is 3.02. The van der Waals surface area contributed by atoms with Crippen LogP contribution in [0.15, 0.2) is 54.9 Å². The van der Waals surface area contributed by atoms with Crippen LogP contribution in [0, 0.1) is 5.92 Å². The fraction of sp³-hybridized carbons (Fsp3) is 0.480. The minimum Gasteiger partial charge on any atom is -0.492 e. The molecule has 1 aromatic carbocycles. The van der Waals surface area contributed by atoms with Gasteiger partial charge in [0, 0.05) is 44.2 Å². The van der Waals surface area contributed by atoms with Crippen LogP contribution >= 0.6 is 0 Å². The number of carbonyl (C=O) groups is 2. The monoisotopic (exact) mass is 437 g/mol. The van der Waals surface area contributed by atoms with Gasteiger partial charge in [-0.2, -0.15) is 0 Å². The van der Waals surface area contributed by atoms with Crippen molar-refractivity contribution >= 4 is 12.0 Å². The van der Waals surface area contributed by atoms with E-state index in [1.165, 1.54) is 0 Å². The van der Waals surface area contributed by atoms with E-state index in [-0.39, 0.29) is 17.9 Å². The molecule has 0 aliphatic carbocycles. The molecule has 2 aromatic rings. The van der Waals surface area contributed by atoms with Crippen LogP contribution in [0.3, 0.4) is 0 Å². The first kappa shape index (κ1) is 22.1. The zero-order chi connectivity index (χ0) is 22.8. The van der Waals surface area contributed by atoms with Crippen molar-refractivity contribution in [2.75, 3.05) is 26.2 Å². The normalized spacial score (nSPS) is 22.3. The molecule has 7 heteroatoms. The number of nitrogens with zero attached hydrogens (tertiary/aromatic N) is 3. The minimum absolute atomic E-state index is 0.0495. The summed E-state index contributed by atoms with van der Waals surface area (Å²) in [7, 11) is 0. The van der Waals surface area contributed by atoms with E-state index in [0.717, 1.165) is 11.3 Å². The Balaban J connectivity index is 1.58. The molecule has 1 spiro atoms. The van der Waals surface area contributed by atoms with Crippen LogP contribution in [0.25, 0.3) is 0 Å². The molecule has 1 atom stereocenters. The van der Waals surface area contributed by atoms with Gasteiger partial charge in [0.05, 0.1) is 6.54 Å². The molecular formula is C25H31N3O4. The number of likely N-dealkylation sites (tertiary alicyclic amines) is 1. The molecule has 1 unspecified atom stereocenters. The summed E-state index contributed by atoms with van der Waals surface area (Å²) < 4.78 is 12.0. The van der Waals surface area contributed by atoms with E-state index in [1.807, 2.05) is 61.2 Å². The molecule has 7 nitrogen and oxygen atoms in total. The summed E-state index contributed by atoms with van der Waals surface area (Å²) in [6, 6.07) is 13.4. The van der Waals surface area contributed by atoms with Gasteiger partial charge in [-0.3, -0.25) is 14.7 Å². The van der Waals surface area contributed by atoms with Crippen LogP contribution in [0.4, 0.5) is 4.79 Å². The Kier molecular flexibility index (Phi) is 6.09. The number of hydrogen-bond acceptors (Lipinski definition) is 5. The average molecular weight is 438 g/mol. The second-order valence-electron chi connectivity index (χ2n) is 8.97. The number of pyridine rings is 1. The molecule has 0 radical (unpaired) electrons. The Morgan fingerprint density at radius 2 is 1.88 bits per heavy atom. The van der Waals surface area contributed by atoms with Crippen LogP contribution in [0.1, 0.15) is 39.2 Å². The molecule has 32 heavy (non-hydrogen) atoms. The molecule has 0 bridgehead atoms. The van der Waals surface area contributed by atoms with Crippen LogP contribution in [-0.2, 0) is 15.1 Å². The molecule has 3 heterocycles. The first-order valence-corrected chi connectivity index (χ1v) is 11.3. The lowest BCUT2D eigenvalue weighted by Crippen LogP contribution is -2.59. The SMILES string of the molecule is CC(C)C(=O)N1CCC2(CC1)OC(=O)N(CCOc1ccccc1)C2(C)c1cccnc1. The van der Waals surface area contributed by atoms with Gasteiger partial charge in [-0.25, -0.2) is 4.79 Å². The number of benzene rings is 1. The number of rotatable bonds is 6. The van der Waals surface area contributed by atoms with E-state index in [0.29, 0.717) is 39.1 Å². The topological polar surface area (TPSA) is 72.0 Å². The third kappa shape index (κ3) is 3.80. The van der Waals surface area contributed by atoms with Crippen LogP contribution < -0.4 is 4.74 Å². The van der Waals surface area contributed by atoms with E-state index in [4.69, 9.17) is 9.47 Å². The van der Waals surface area contributed by atoms with Gasteiger partial charge in [-0.15, -0.1) is 0 Å². The lowest BCUT2D eigenvalue weighted by molar-refractivity contribution is -0.140. The standard InChI is InChI=1S/C25H31N3O4/c1-19(2)22(29)27-14-11-25(12-15-27)24(3,20-8-7-13-26-18-20)28(23(30)32-25)16-17-31-21-9-5-4-6-10-21/h4-10,13,18-19H,11-12,14-17H2,1-3H3. The van der Waals surface area contributed by atoms with Crippen LogP contribution in [0.5, 0.6) is 5.75 Å². The first-order chi connectivity index (χ1) is 15.4. The second-order valence-corrected chi connectivity index (χ2v) is 8.97. The lowest BCUT2D eigenvalue weighted by atomic mass is 9.70. The van der Waals surface area contributed by atoms with E-state index in [1.54, 1.807) is 17.3 Å². The molecule has 4 rings (SSSR count). The third-order valence-corrected chi connectivity index (χ3v) is 6.86. The zero-order valence-electron chi connectivity index (χ0n) is 19.0. The highest BCUT2D eigenvalue weighted by Crippen LogP contribution is 2.51. The van der Waals surface area contributed by atoms with Gasteiger partial charge < -0.3 is 14.4 Å². The van der Waals surface area contributed by atoms with E-state index < -0.39 is 11.1 Å². The van der Waals surface area contributed by atoms with Gasteiger partial charge in [-0.05, 0) is 30.7 Å². The highest BCUT2D eigenvalue weighted by Gasteiger charge is 2.64. The highest BCUT2D eigenvalue weighted by atomic mass is 16.6. The van der Waals surface area contributed by atoms with Crippen molar-refractivity contribution in [2.45, 2.75) is 44.8 Å². The van der Waals surface area contributed by atoms with E-state index in [2.05, 4.69) is 11.9 Å². The highest BCUT2D eigenvalue weighted by molar-refractivity contribution is 5.78. The molecule has 170 valence electrons.